The summed E-state index contributed by atoms with van der Waals surface area (Å²) in [7, 11) is 0. The minimum absolute atomic E-state index is 0.0354. The molecule has 3 heteroatoms. The maximum absolute atomic E-state index is 6.01. The molecule has 3 aromatic rings. The van der Waals surface area contributed by atoms with E-state index in [0.29, 0.717) is 0 Å². The van der Waals surface area contributed by atoms with Crippen LogP contribution in [0.25, 0.3) is 11.3 Å². The summed E-state index contributed by atoms with van der Waals surface area (Å²) in [6, 6.07) is 18.4. The predicted octanol–water partition coefficient (Wildman–Crippen LogP) is 4.71. The van der Waals surface area contributed by atoms with Gasteiger partial charge >= 0.3 is 0 Å². The number of benzene rings is 2. The zero-order chi connectivity index (χ0) is 15.4. The number of aromatic nitrogens is 2. The van der Waals surface area contributed by atoms with Crippen molar-refractivity contribution in [2.75, 3.05) is 0 Å². The lowest BCUT2D eigenvalue weighted by atomic mass is 10.1. The number of imidazole rings is 1. The van der Waals surface area contributed by atoms with Crippen molar-refractivity contribution in [2.45, 2.75) is 26.5 Å². The summed E-state index contributed by atoms with van der Waals surface area (Å²) in [5.41, 5.74) is 3.46. The molecule has 2 aromatic carbocycles. The van der Waals surface area contributed by atoms with Crippen molar-refractivity contribution in [2.24, 2.45) is 0 Å². The molecule has 0 N–H and O–H groups in total. The molecule has 0 saturated carbocycles. The van der Waals surface area contributed by atoms with Gasteiger partial charge in [-0.3, -0.25) is 0 Å². The maximum Gasteiger partial charge on any atom is 0.121 e. The molecule has 0 aliphatic carbocycles. The third kappa shape index (κ3) is 3.03. The van der Waals surface area contributed by atoms with Crippen LogP contribution in [0, 0.1) is 0 Å². The Morgan fingerprint density at radius 1 is 1.05 bits per heavy atom. The zero-order valence-electron chi connectivity index (χ0n) is 12.9. The molecule has 0 aliphatic rings. The standard InChI is InChI=1S/C19H20N2O/c1-3-21-14-20-13-19(21)17-9-11-18(12-10-17)22-15(2)16-7-5-4-6-8-16/h4-15H,3H2,1-2H3. The SMILES string of the molecule is CCn1cncc1-c1ccc(OC(C)c2ccccc2)cc1. The topological polar surface area (TPSA) is 27.1 Å². The summed E-state index contributed by atoms with van der Waals surface area (Å²) in [6.07, 6.45) is 3.79. The van der Waals surface area contributed by atoms with Gasteiger partial charge in [-0.2, -0.15) is 0 Å². The van der Waals surface area contributed by atoms with Gasteiger partial charge in [-0.05, 0) is 43.7 Å². The molecule has 0 radical (unpaired) electrons. The maximum atomic E-state index is 6.01. The Kier molecular flexibility index (Phi) is 4.24. The van der Waals surface area contributed by atoms with Gasteiger partial charge in [0.2, 0.25) is 0 Å². The Bertz CT molecular complexity index is 717. The van der Waals surface area contributed by atoms with Gasteiger partial charge in [-0.15, -0.1) is 0 Å². The quantitative estimate of drug-likeness (QED) is 0.681. The first-order valence-electron chi connectivity index (χ1n) is 7.60. The molecule has 0 saturated heterocycles. The Labute approximate surface area is 131 Å². The molecule has 1 aromatic heterocycles. The Hall–Kier alpha value is -2.55. The molecule has 112 valence electrons. The first-order chi connectivity index (χ1) is 10.8. The summed E-state index contributed by atoms with van der Waals surface area (Å²) in [5.74, 6) is 0.877. The summed E-state index contributed by atoms with van der Waals surface area (Å²) in [6.45, 7) is 5.10. The van der Waals surface area contributed by atoms with Gasteiger partial charge in [0.15, 0.2) is 0 Å². The van der Waals surface area contributed by atoms with E-state index in [4.69, 9.17) is 4.74 Å². The van der Waals surface area contributed by atoms with Crippen molar-refractivity contribution < 1.29 is 4.74 Å². The van der Waals surface area contributed by atoms with E-state index < -0.39 is 0 Å². The fourth-order valence-corrected chi connectivity index (χ4v) is 2.51. The van der Waals surface area contributed by atoms with Crippen LogP contribution in [0.1, 0.15) is 25.5 Å². The van der Waals surface area contributed by atoms with Crippen LogP contribution in [0.4, 0.5) is 0 Å². The Morgan fingerprint density at radius 2 is 1.77 bits per heavy atom. The molecular weight excluding hydrogens is 272 g/mol. The highest BCUT2D eigenvalue weighted by Crippen LogP contribution is 2.25. The largest absolute Gasteiger partial charge is 0.486 e. The number of ether oxygens (including phenoxy) is 1. The van der Waals surface area contributed by atoms with Gasteiger partial charge in [0.25, 0.3) is 0 Å². The summed E-state index contributed by atoms with van der Waals surface area (Å²) < 4.78 is 8.13. The van der Waals surface area contributed by atoms with E-state index in [1.165, 1.54) is 5.56 Å². The zero-order valence-corrected chi connectivity index (χ0v) is 12.9. The van der Waals surface area contributed by atoms with E-state index in [0.717, 1.165) is 23.6 Å². The summed E-state index contributed by atoms with van der Waals surface area (Å²) in [4.78, 5) is 4.21. The van der Waals surface area contributed by atoms with Gasteiger partial charge in [0.05, 0.1) is 18.2 Å². The minimum atomic E-state index is 0.0354. The van der Waals surface area contributed by atoms with Crippen molar-refractivity contribution in [3.63, 3.8) is 0 Å². The van der Waals surface area contributed by atoms with E-state index >= 15 is 0 Å². The molecule has 1 atom stereocenters. The highest BCUT2D eigenvalue weighted by atomic mass is 16.5. The van der Waals surface area contributed by atoms with Gasteiger partial charge in [-0.25, -0.2) is 4.98 Å². The van der Waals surface area contributed by atoms with Crippen LogP contribution in [-0.2, 0) is 6.54 Å². The van der Waals surface area contributed by atoms with E-state index in [9.17, 15) is 0 Å². The molecule has 3 nitrogen and oxygen atoms in total. The Morgan fingerprint density at radius 3 is 2.45 bits per heavy atom. The number of rotatable bonds is 5. The average molecular weight is 292 g/mol. The van der Waals surface area contributed by atoms with E-state index in [1.807, 2.05) is 42.9 Å². The van der Waals surface area contributed by atoms with Crippen LogP contribution in [-0.4, -0.2) is 9.55 Å². The molecule has 1 unspecified atom stereocenters. The van der Waals surface area contributed by atoms with Crippen molar-refractivity contribution in [3.8, 4) is 17.0 Å². The van der Waals surface area contributed by atoms with E-state index in [1.54, 1.807) is 0 Å². The molecule has 0 fully saturated rings. The second-order valence-corrected chi connectivity index (χ2v) is 5.26. The monoisotopic (exact) mass is 292 g/mol. The number of aryl methyl sites for hydroxylation is 1. The van der Waals surface area contributed by atoms with Gasteiger partial charge in [-0.1, -0.05) is 30.3 Å². The molecule has 0 bridgehead atoms. The highest BCUT2D eigenvalue weighted by molar-refractivity contribution is 5.59. The van der Waals surface area contributed by atoms with Crippen LogP contribution in [0.5, 0.6) is 5.75 Å². The fourth-order valence-electron chi connectivity index (χ4n) is 2.51. The van der Waals surface area contributed by atoms with Crippen molar-refractivity contribution in [1.82, 2.24) is 9.55 Å². The second kappa shape index (κ2) is 6.48. The van der Waals surface area contributed by atoms with Crippen LogP contribution in [0.15, 0.2) is 67.1 Å². The third-order valence-electron chi connectivity index (χ3n) is 3.78. The van der Waals surface area contributed by atoms with Crippen molar-refractivity contribution in [3.05, 3.63) is 72.7 Å². The molecular formula is C19H20N2O. The summed E-state index contributed by atoms with van der Waals surface area (Å²) >= 11 is 0. The van der Waals surface area contributed by atoms with Gasteiger partial charge in [0, 0.05) is 12.1 Å². The van der Waals surface area contributed by atoms with Crippen LogP contribution in [0.2, 0.25) is 0 Å². The Balaban J connectivity index is 1.75. The average Bonchev–Trinajstić information content (AvgIpc) is 3.05. The first-order valence-corrected chi connectivity index (χ1v) is 7.60. The highest BCUT2D eigenvalue weighted by Gasteiger charge is 2.08. The molecule has 3 rings (SSSR count). The van der Waals surface area contributed by atoms with E-state index in [-0.39, 0.29) is 6.10 Å². The first kappa shape index (κ1) is 14.4. The molecule has 22 heavy (non-hydrogen) atoms. The second-order valence-electron chi connectivity index (χ2n) is 5.26. The normalized spacial score (nSPS) is 12.1. The van der Waals surface area contributed by atoms with Crippen LogP contribution >= 0.6 is 0 Å². The number of hydrogen-bond acceptors (Lipinski definition) is 2. The van der Waals surface area contributed by atoms with Crippen LogP contribution in [0.3, 0.4) is 0 Å². The molecule has 0 spiro atoms. The number of nitrogens with zero attached hydrogens (tertiary/aromatic N) is 2. The molecule has 0 amide bonds. The van der Waals surface area contributed by atoms with E-state index in [2.05, 4.69) is 47.7 Å². The fraction of sp³-hybridized carbons (Fsp3) is 0.211. The molecule has 1 heterocycles. The van der Waals surface area contributed by atoms with Gasteiger partial charge in [0.1, 0.15) is 11.9 Å². The lowest BCUT2D eigenvalue weighted by molar-refractivity contribution is 0.227. The van der Waals surface area contributed by atoms with Crippen molar-refractivity contribution in [1.29, 1.82) is 0 Å². The lowest BCUT2D eigenvalue weighted by Crippen LogP contribution is -2.02. The summed E-state index contributed by atoms with van der Waals surface area (Å²) in [5, 5.41) is 0. The predicted molar refractivity (Wildman–Crippen MR) is 88.8 cm³/mol. The van der Waals surface area contributed by atoms with Crippen molar-refractivity contribution >= 4 is 0 Å². The smallest absolute Gasteiger partial charge is 0.121 e. The number of hydrogen-bond donors (Lipinski definition) is 0. The lowest BCUT2D eigenvalue weighted by Gasteiger charge is -2.15. The third-order valence-corrected chi connectivity index (χ3v) is 3.78. The molecule has 0 aliphatic heterocycles. The minimum Gasteiger partial charge on any atom is -0.486 e. The van der Waals surface area contributed by atoms with Crippen LogP contribution < -0.4 is 4.74 Å². The van der Waals surface area contributed by atoms with Gasteiger partial charge < -0.3 is 9.30 Å².